The summed E-state index contributed by atoms with van der Waals surface area (Å²) in [7, 11) is 0. The molecule has 1 fully saturated rings. The molecule has 0 spiro atoms. The van der Waals surface area contributed by atoms with E-state index in [9.17, 15) is 19.0 Å². The fourth-order valence-corrected chi connectivity index (χ4v) is 4.50. The third-order valence-electron chi connectivity index (χ3n) is 6.24. The Morgan fingerprint density at radius 1 is 0.862 bits per heavy atom. The van der Waals surface area contributed by atoms with Crippen molar-refractivity contribution in [2.45, 2.75) is 57.3 Å². The Bertz CT molecular complexity index is 712. The molecule has 29 heavy (non-hydrogen) atoms. The minimum absolute atomic E-state index is 0.210. The van der Waals surface area contributed by atoms with Crippen molar-refractivity contribution in [1.29, 1.82) is 0 Å². The van der Waals surface area contributed by atoms with Gasteiger partial charge in [-0.15, -0.1) is 0 Å². The van der Waals surface area contributed by atoms with Crippen LogP contribution in [0.25, 0.3) is 0 Å². The van der Waals surface area contributed by atoms with Crippen LogP contribution in [0.3, 0.4) is 0 Å². The highest BCUT2D eigenvalue weighted by Gasteiger charge is 2.39. The predicted molar refractivity (Wildman–Crippen MR) is 110 cm³/mol. The van der Waals surface area contributed by atoms with Gasteiger partial charge in [0.05, 0.1) is 0 Å². The molecule has 0 aromatic heterocycles. The van der Waals surface area contributed by atoms with Crippen LogP contribution in [-0.4, -0.2) is 34.4 Å². The lowest BCUT2D eigenvalue weighted by atomic mass is 9.73. The van der Waals surface area contributed by atoms with Gasteiger partial charge < -0.3 is 10.2 Å². The molecular formula is C24H31F2NO2. The minimum Gasteiger partial charge on any atom is -0.380 e. The third-order valence-corrected chi connectivity index (χ3v) is 6.24. The second-order valence-corrected chi connectivity index (χ2v) is 8.04. The van der Waals surface area contributed by atoms with E-state index in [-0.39, 0.29) is 17.6 Å². The molecule has 1 saturated heterocycles. The van der Waals surface area contributed by atoms with Crippen LogP contribution in [-0.2, 0) is 5.60 Å². The molecule has 5 heteroatoms. The molecule has 0 amide bonds. The van der Waals surface area contributed by atoms with Gasteiger partial charge in [-0.1, -0.05) is 37.6 Å². The standard InChI is InChI=1S/C24H31F2NO2/c1-2-18(10-15-23(28)27-16-4-3-5-17-27)24(29,19-6-11-21(25)12-7-19)20-8-13-22(26)14-9-20/h6-9,11-14,18,23,28-29H,2-5,10,15-17H2,1H3. The van der Waals surface area contributed by atoms with E-state index >= 15 is 0 Å². The molecule has 2 unspecified atom stereocenters. The number of benzene rings is 2. The molecule has 1 heterocycles. The first-order valence-corrected chi connectivity index (χ1v) is 10.6. The first kappa shape index (κ1) is 21.9. The predicted octanol–water partition coefficient (Wildman–Crippen LogP) is 4.81. The first-order valence-electron chi connectivity index (χ1n) is 10.6. The fraction of sp³-hybridized carbons (Fsp3) is 0.500. The number of hydrogen-bond donors (Lipinski definition) is 2. The van der Waals surface area contributed by atoms with Crippen molar-refractivity contribution in [2.24, 2.45) is 5.92 Å². The van der Waals surface area contributed by atoms with Crippen molar-refractivity contribution in [3.05, 3.63) is 71.3 Å². The number of nitrogens with zero attached hydrogens (tertiary/aromatic N) is 1. The van der Waals surface area contributed by atoms with E-state index in [1.807, 2.05) is 6.92 Å². The molecular weight excluding hydrogens is 372 g/mol. The highest BCUT2D eigenvalue weighted by Crippen LogP contribution is 2.41. The Kier molecular flexibility index (Phi) is 7.38. The Morgan fingerprint density at radius 2 is 1.34 bits per heavy atom. The van der Waals surface area contributed by atoms with E-state index in [2.05, 4.69) is 4.90 Å². The average molecular weight is 404 g/mol. The molecule has 3 nitrogen and oxygen atoms in total. The van der Waals surface area contributed by atoms with E-state index < -0.39 is 11.8 Å². The maximum atomic E-state index is 13.5. The summed E-state index contributed by atoms with van der Waals surface area (Å²) in [6.07, 6.45) is 4.68. The van der Waals surface area contributed by atoms with Gasteiger partial charge in [-0.05, 0) is 73.4 Å². The van der Waals surface area contributed by atoms with Gasteiger partial charge in [0, 0.05) is 13.1 Å². The Morgan fingerprint density at radius 3 is 1.79 bits per heavy atom. The highest BCUT2D eigenvalue weighted by molar-refractivity contribution is 5.37. The van der Waals surface area contributed by atoms with Gasteiger partial charge in [0.1, 0.15) is 23.5 Å². The number of rotatable bonds is 8. The van der Waals surface area contributed by atoms with Crippen molar-refractivity contribution >= 4 is 0 Å². The molecule has 2 atom stereocenters. The fourth-order valence-electron chi connectivity index (χ4n) is 4.50. The molecule has 2 N–H and O–H groups in total. The van der Waals surface area contributed by atoms with E-state index in [1.165, 1.54) is 30.7 Å². The summed E-state index contributed by atoms with van der Waals surface area (Å²) >= 11 is 0. The van der Waals surface area contributed by atoms with Gasteiger partial charge in [-0.25, -0.2) is 8.78 Å². The lowest BCUT2D eigenvalue weighted by molar-refractivity contribution is -0.0350. The Labute approximate surface area is 172 Å². The molecule has 158 valence electrons. The average Bonchev–Trinajstić information content (AvgIpc) is 2.75. The highest BCUT2D eigenvalue weighted by atomic mass is 19.1. The third kappa shape index (κ3) is 5.03. The van der Waals surface area contributed by atoms with Crippen molar-refractivity contribution in [2.75, 3.05) is 13.1 Å². The summed E-state index contributed by atoms with van der Waals surface area (Å²) in [5.41, 5.74) is -0.243. The SMILES string of the molecule is CCC(CCC(O)N1CCCCC1)C(O)(c1ccc(F)cc1)c1ccc(F)cc1. The molecule has 0 radical (unpaired) electrons. The minimum atomic E-state index is -1.39. The van der Waals surface area contributed by atoms with E-state index in [0.717, 1.165) is 25.9 Å². The van der Waals surface area contributed by atoms with Crippen molar-refractivity contribution in [1.82, 2.24) is 4.90 Å². The summed E-state index contributed by atoms with van der Waals surface area (Å²) in [6.45, 7) is 3.80. The van der Waals surface area contributed by atoms with Crippen LogP contribution < -0.4 is 0 Å². The van der Waals surface area contributed by atoms with Crippen LogP contribution in [0.2, 0.25) is 0 Å². The van der Waals surface area contributed by atoms with E-state index in [0.29, 0.717) is 30.4 Å². The maximum Gasteiger partial charge on any atom is 0.123 e. The first-order chi connectivity index (χ1) is 13.9. The number of piperidine rings is 1. The van der Waals surface area contributed by atoms with Gasteiger partial charge in [0.15, 0.2) is 0 Å². The summed E-state index contributed by atoms with van der Waals surface area (Å²) in [4.78, 5) is 2.10. The molecule has 1 aliphatic heterocycles. The largest absolute Gasteiger partial charge is 0.380 e. The zero-order chi connectivity index (χ0) is 20.9. The van der Waals surface area contributed by atoms with Crippen LogP contribution >= 0.6 is 0 Å². The molecule has 0 saturated carbocycles. The second-order valence-electron chi connectivity index (χ2n) is 8.04. The van der Waals surface area contributed by atoms with Crippen LogP contribution in [0.1, 0.15) is 56.6 Å². The van der Waals surface area contributed by atoms with Crippen LogP contribution in [0, 0.1) is 17.6 Å². The van der Waals surface area contributed by atoms with Crippen molar-refractivity contribution < 1.29 is 19.0 Å². The molecule has 3 rings (SSSR count). The monoisotopic (exact) mass is 403 g/mol. The maximum absolute atomic E-state index is 13.5. The smallest absolute Gasteiger partial charge is 0.123 e. The van der Waals surface area contributed by atoms with Gasteiger partial charge in [0.2, 0.25) is 0 Å². The number of aliphatic hydroxyl groups is 2. The topological polar surface area (TPSA) is 43.7 Å². The molecule has 0 aliphatic carbocycles. The quantitative estimate of drug-likeness (QED) is 0.665. The summed E-state index contributed by atoms with van der Waals surface area (Å²) < 4.78 is 27.0. The summed E-state index contributed by atoms with van der Waals surface area (Å²) in [5, 5.41) is 22.5. The van der Waals surface area contributed by atoms with Crippen molar-refractivity contribution in [3.8, 4) is 0 Å². The van der Waals surface area contributed by atoms with Gasteiger partial charge in [-0.3, -0.25) is 4.90 Å². The number of halogens is 2. The van der Waals surface area contributed by atoms with Gasteiger partial charge >= 0.3 is 0 Å². The molecule has 2 aromatic rings. The zero-order valence-electron chi connectivity index (χ0n) is 17.0. The summed E-state index contributed by atoms with van der Waals surface area (Å²) in [6, 6.07) is 11.7. The Hall–Kier alpha value is -1.82. The van der Waals surface area contributed by atoms with Gasteiger partial charge in [-0.2, -0.15) is 0 Å². The number of likely N-dealkylation sites (tertiary alicyclic amines) is 1. The molecule has 0 bridgehead atoms. The summed E-state index contributed by atoms with van der Waals surface area (Å²) in [5.74, 6) is -0.953. The molecule has 1 aliphatic rings. The second kappa shape index (κ2) is 9.79. The van der Waals surface area contributed by atoms with Crippen LogP contribution in [0.5, 0.6) is 0 Å². The normalized spacial score (nSPS) is 17.8. The van der Waals surface area contributed by atoms with Crippen LogP contribution in [0.15, 0.2) is 48.5 Å². The Balaban J connectivity index is 1.86. The van der Waals surface area contributed by atoms with E-state index in [1.54, 1.807) is 24.3 Å². The van der Waals surface area contributed by atoms with Crippen molar-refractivity contribution in [3.63, 3.8) is 0 Å². The lowest BCUT2D eigenvalue weighted by Gasteiger charge is -2.38. The number of aliphatic hydroxyl groups excluding tert-OH is 1. The zero-order valence-corrected chi connectivity index (χ0v) is 17.0. The lowest BCUT2D eigenvalue weighted by Crippen LogP contribution is -2.41. The van der Waals surface area contributed by atoms with E-state index in [4.69, 9.17) is 0 Å². The van der Waals surface area contributed by atoms with Gasteiger partial charge in [0.25, 0.3) is 0 Å². The van der Waals surface area contributed by atoms with Crippen LogP contribution in [0.4, 0.5) is 8.78 Å². The molecule has 2 aromatic carbocycles. The number of hydrogen-bond acceptors (Lipinski definition) is 3.